The Morgan fingerprint density at radius 3 is 2.53 bits per heavy atom. The number of hydrogen-bond donors (Lipinski definition) is 2. The lowest BCUT2D eigenvalue weighted by molar-refractivity contribution is -0.121. The molecule has 0 heterocycles. The molecule has 0 bridgehead atoms. The number of rotatable bonds is 6. The zero-order valence-electron chi connectivity index (χ0n) is 12.4. The molecule has 0 fully saturated rings. The number of nitrogens with one attached hydrogen (secondary N) is 1. The molecular formula is C16H25NO2. The molecule has 0 unspecified atom stereocenters. The van der Waals surface area contributed by atoms with Gasteiger partial charge in [0.25, 0.3) is 0 Å². The largest absolute Gasteiger partial charge is 0.396 e. The minimum atomic E-state index is -0.0899. The quantitative estimate of drug-likeness (QED) is 0.828. The van der Waals surface area contributed by atoms with Crippen LogP contribution < -0.4 is 5.32 Å². The van der Waals surface area contributed by atoms with E-state index in [1.54, 1.807) is 0 Å². The van der Waals surface area contributed by atoms with Gasteiger partial charge in [-0.15, -0.1) is 0 Å². The number of carbonyl (C=O) groups is 1. The molecule has 2 N–H and O–H groups in total. The van der Waals surface area contributed by atoms with Crippen molar-refractivity contribution in [3.63, 3.8) is 0 Å². The fraction of sp³-hybridized carbons (Fsp3) is 0.562. The van der Waals surface area contributed by atoms with Crippen molar-refractivity contribution in [2.24, 2.45) is 0 Å². The van der Waals surface area contributed by atoms with E-state index in [0.29, 0.717) is 19.4 Å². The molecule has 0 radical (unpaired) electrons. The van der Waals surface area contributed by atoms with Crippen molar-refractivity contribution in [1.82, 2.24) is 5.32 Å². The Hall–Kier alpha value is -1.35. The molecule has 3 heteroatoms. The van der Waals surface area contributed by atoms with Crippen LogP contribution in [0.5, 0.6) is 0 Å². The van der Waals surface area contributed by atoms with Crippen LogP contribution in [0.1, 0.15) is 43.4 Å². The van der Waals surface area contributed by atoms with E-state index >= 15 is 0 Å². The number of aliphatic hydroxyl groups excluding tert-OH is 1. The number of benzene rings is 1. The van der Waals surface area contributed by atoms with Crippen molar-refractivity contribution >= 4 is 5.91 Å². The molecule has 0 aliphatic carbocycles. The van der Waals surface area contributed by atoms with E-state index in [-0.39, 0.29) is 17.9 Å². The van der Waals surface area contributed by atoms with Crippen LogP contribution in [-0.2, 0) is 10.2 Å². The number of aliphatic hydroxyl groups is 1. The Morgan fingerprint density at radius 1 is 1.26 bits per heavy atom. The first-order valence-electron chi connectivity index (χ1n) is 6.82. The van der Waals surface area contributed by atoms with Gasteiger partial charge >= 0.3 is 0 Å². The van der Waals surface area contributed by atoms with Crippen LogP contribution >= 0.6 is 0 Å². The van der Waals surface area contributed by atoms with Gasteiger partial charge in [-0.2, -0.15) is 0 Å². The van der Waals surface area contributed by atoms with E-state index in [0.717, 1.165) is 0 Å². The SMILES string of the molecule is Cc1ccc(C(C)(C)CNC(=O)CCCO)cc1C. The summed E-state index contributed by atoms with van der Waals surface area (Å²) in [6.45, 7) is 9.14. The highest BCUT2D eigenvalue weighted by atomic mass is 16.3. The fourth-order valence-electron chi connectivity index (χ4n) is 1.91. The Balaban J connectivity index is 2.64. The Labute approximate surface area is 116 Å². The first-order chi connectivity index (χ1) is 8.86. The standard InChI is InChI=1S/C16H25NO2/c1-12-7-8-14(10-13(12)2)16(3,4)11-17-15(19)6-5-9-18/h7-8,10,18H,5-6,9,11H2,1-4H3,(H,17,19). The summed E-state index contributed by atoms with van der Waals surface area (Å²) in [6, 6.07) is 6.44. The van der Waals surface area contributed by atoms with Crippen LogP contribution in [0.15, 0.2) is 18.2 Å². The van der Waals surface area contributed by atoms with Crippen LogP contribution in [0, 0.1) is 13.8 Å². The maximum atomic E-state index is 11.6. The average molecular weight is 263 g/mol. The molecule has 0 saturated heterocycles. The lowest BCUT2D eigenvalue weighted by atomic mass is 9.83. The third-order valence-corrected chi connectivity index (χ3v) is 3.58. The highest BCUT2D eigenvalue weighted by Gasteiger charge is 2.21. The third kappa shape index (κ3) is 4.67. The summed E-state index contributed by atoms with van der Waals surface area (Å²) in [7, 11) is 0. The minimum Gasteiger partial charge on any atom is -0.396 e. The molecule has 0 atom stereocenters. The number of hydrogen-bond acceptors (Lipinski definition) is 2. The lowest BCUT2D eigenvalue weighted by Gasteiger charge is -2.26. The third-order valence-electron chi connectivity index (χ3n) is 3.58. The maximum Gasteiger partial charge on any atom is 0.220 e. The molecule has 3 nitrogen and oxygen atoms in total. The van der Waals surface area contributed by atoms with E-state index in [2.05, 4.69) is 51.2 Å². The van der Waals surface area contributed by atoms with Crippen molar-refractivity contribution in [2.75, 3.05) is 13.2 Å². The summed E-state index contributed by atoms with van der Waals surface area (Å²) in [6.07, 6.45) is 0.912. The molecular weight excluding hydrogens is 238 g/mol. The van der Waals surface area contributed by atoms with Gasteiger partial charge in [-0.05, 0) is 37.0 Å². The second kappa shape index (κ2) is 6.71. The fourth-order valence-corrected chi connectivity index (χ4v) is 1.91. The second-order valence-electron chi connectivity index (χ2n) is 5.79. The monoisotopic (exact) mass is 263 g/mol. The van der Waals surface area contributed by atoms with Gasteiger partial charge in [0.05, 0.1) is 0 Å². The van der Waals surface area contributed by atoms with Gasteiger partial charge in [-0.25, -0.2) is 0 Å². The normalized spacial score (nSPS) is 11.4. The van der Waals surface area contributed by atoms with Gasteiger partial charge in [0, 0.05) is 25.0 Å². The number of aryl methyl sites for hydroxylation is 2. The zero-order valence-corrected chi connectivity index (χ0v) is 12.4. The highest BCUT2D eigenvalue weighted by molar-refractivity contribution is 5.75. The summed E-state index contributed by atoms with van der Waals surface area (Å²) in [5.74, 6) is 0.00552. The Bertz CT molecular complexity index is 438. The van der Waals surface area contributed by atoms with E-state index < -0.39 is 0 Å². The topological polar surface area (TPSA) is 49.3 Å². The van der Waals surface area contributed by atoms with Crippen LogP contribution in [0.2, 0.25) is 0 Å². The van der Waals surface area contributed by atoms with Crippen LogP contribution in [0.4, 0.5) is 0 Å². The summed E-state index contributed by atoms with van der Waals surface area (Å²) in [5.41, 5.74) is 3.70. The second-order valence-corrected chi connectivity index (χ2v) is 5.79. The molecule has 106 valence electrons. The molecule has 0 saturated carbocycles. The first kappa shape index (κ1) is 15.7. The molecule has 1 amide bonds. The van der Waals surface area contributed by atoms with Crippen molar-refractivity contribution in [3.8, 4) is 0 Å². The summed E-state index contributed by atoms with van der Waals surface area (Å²) in [4.78, 5) is 11.6. The molecule has 0 aliphatic rings. The molecule has 19 heavy (non-hydrogen) atoms. The zero-order chi connectivity index (χ0) is 14.5. The minimum absolute atomic E-state index is 0.00552. The van der Waals surface area contributed by atoms with Gasteiger partial charge in [-0.3, -0.25) is 4.79 Å². The first-order valence-corrected chi connectivity index (χ1v) is 6.82. The molecule has 0 spiro atoms. The predicted molar refractivity (Wildman–Crippen MR) is 78.3 cm³/mol. The maximum absolute atomic E-state index is 11.6. The van der Waals surface area contributed by atoms with Crippen LogP contribution in [0.25, 0.3) is 0 Å². The molecule has 0 aromatic heterocycles. The summed E-state index contributed by atoms with van der Waals surface area (Å²) >= 11 is 0. The summed E-state index contributed by atoms with van der Waals surface area (Å²) in [5, 5.41) is 11.6. The summed E-state index contributed by atoms with van der Waals surface area (Å²) < 4.78 is 0. The molecule has 1 aromatic carbocycles. The Kier molecular flexibility index (Phi) is 5.55. The highest BCUT2D eigenvalue weighted by Crippen LogP contribution is 2.24. The van der Waals surface area contributed by atoms with Gasteiger partial charge < -0.3 is 10.4 Å². The number of amides is 1. The predicted octanol–water partition coefficient (Wildman–Crippen LogP) is 2.47. The van der Waals surface area contributed by atoms with Crippen molar-refractivity contribution in [3.05, 3.63) is 34.9 Å². The Morgan fingerprint density at radius 2 is 1.95 bits per heavy atom. The van der Waals surface area contributed by atoms with Crippen molar-refractivity contribution in [2.45, 2.75) is 46.0 Å². The van der Waals surface area contributed by atoms with Crippen molar-refractivity contribution < 1.29 is 9.90 Å². The van der Waals surface area contributed by atoms with Crippen LogP contribution in [0.3, 0.4) is 0 Å². The van der Waals surface area contributed by atoms with E-state index in [9.17, 15) is 4.79 Å². The van der Waals surface area contributed by atoms with E-state index in [4.69, 9.17) is 5.11 Å². The van der Waals surface area contributed by atoms with E-state index in [1.165, 1.54) is 16.7 Å². The number of carbonyl (C=O) groups excluding carboxylic acids is 1. The van der Waals surface area contributed by atoms with E-state index in [1.807, 2.05) is 0 Å². The molecule has 1 aromatic rings. The van der Waals surface area contributed by atoms with Crippen LogP contribution in [-0.4, -0.2) is 24.2 Å². The molecule has 0 aliphatic heterocycles. The van der Waals surface area contributed by atoms with Gasteiger partial charge in [0.1, 0.15) is 0 Å². The van der Waals surface area contributed by atoms with Gasteiger partial charge in [0.2, 0.25) is 5.91 Å². The van der Waals surface area contributed by atoms with Crippen molar-refractivity contribution in [1.29, 1.82) is 0 Å². The van der Waals surface area contributed by atoms with Gasteiger partial charge in [0.15, 0.2) is 0 Å². The molecule has 1 rings (SSSR count). The van der Waals surface area contributed by atoms with Gasteiger partial charge in [-0.1, -0.05) is 32.0 Å². The smallest absolute Gasteiger partial charge is 0.220 e. The average Bonchev–Trinajstić information content (AvgIpc) is 2.37. The lowest BCUT2D eigenvalue weighted by Crippen LogP contribution is -2.36.